The van der Waals surface area contributed by atoms with Crippen LogP contribution in [-0.2, 0) is 124 Å². The lowest BCUT2D eigenvalue weighted by Crippen LogP contribution is -2.62. The van der Waals surface area contributed by atoms with E-state index in [4.69, 9.17) is 34.5 Å². The molecule has 3 aliphatic heterocycles. The number of nitrogens with one attached hydrogen (secondary N) is 6. The summed E-state index contributed by atoms with van der Waals surface area (Å²) < 4.78 is 44.2. The summed E-state index contributed by atoms with van der Waals surface area (Å²) in [6.07, 6.45) is 3.68. The molecule has 0 spiro atoms. The molecule has 37 heteroatoms. The zero-order chi connectivity index (χ0) is 103. The summed E-state index contributed by atoms with van der Waals surface area (Å²) in [6.45, 7) is 30.5. The van der Waals surface area contributed by atoms with Crippen molar-refractivity contribution in [1.29, 1.82) is 0 Å². The Labute approximate surface area is 803 Å². The number of alkyl carbamates (subject to hydrolysis) is 5. The Kier molecular flexibility index (Phi) is 51.7. The number of aliphatic hydroxyl groups is 1. The van der Waals surface area contributed by atoms with Crippen molar-refractivity contribution in [1.82, 2.24) is 46.6 Å². The number of nitrogens with two attached hydrogens (primary N) is 1. The van der Waals surface area contributed by atoms with Crippen LogP contribution in [0.1, 0.15) is 182 Å². The molecule has 37 nitrogen and oxygen atoms in total. The predicted octanol–water partition coefficient (Wildman–Crippen LogP) is 12.0. The van der Waals surface area contributed by atoms with Crippen molar-refractivity contribution in [3.63, 3.8) is 0 Å². The number of ether oxygens (including phenoxy) is 9. The molecule has 0 radical (unpaired) electrons. The topological polar surface area (TPSA) is 508 Å². The van der Waals surface area contributed by atoms with E-state index >= 15 is 0 Å². The molecule has 9 amide bonds. The third-order valence-corrected chi connectivity index (χ3v) is 24.8. The Morgan fingerprint density at radius 2 is 0.788 bits per heavy atom. The molecule has 0 aliphatic carbocycles. The van der Waals surface area contributed by atoms with Crippen molar-refractivity contribution in [2.45, 2.75) is 227 Å². The quantitative estimate of drug-likeness (QED) is 0.00985. The number of carbonyl (C=O) groups excluding carboxylic acids is 13. The lowest BCUT2D eigenvalue weighted by molar-refractivity contribution is -0.151. The molecule has 11 N–H and O–H groups in total. The van der Waals surface area contributed by atoms with Crippen LogP contribution in [0.2, 0.25) is 0 Å². The van der Waals surface area contributed by atoms with Gasteiger partial charge in [0.25, 0.3) is 5.91 Å². The number of amides is 9. The molecule has 3 saturated heterocycles. The van der Waals surface area contributed by atoms with Crippen molar-refractivity contribution < 1.29 is 130 Å². The number of carboxylic acids is 2. The van der Waals surface area contributed by atoms with Gasteiger partial charge in [-0.05, 0) is 89.0 Å². The van der Waals surface area contributed by atoms with Gasteiger partial charge in [0, 0.05) is 19.5 Å². The normalized spacial score (nSPS) is 18.5. The zero-order valence-corrected chi connectivity index (χ0v) is 81.7. The van der Waals surface area contributed by atoms with Crippen LogP contribution < -0.4 is 37.6 Å². The van der Waals surface area contributed by atoms with Gasteiger partial charge in [0.15, 0.2) is 0 Å². The van der Waals surface area contributed by atoms with Crippen LogP contribution in [-0.4, -0.2) is 228 Å². The first-order valence-electron chi connectivity index (χ1n) is 45.6. The molecule has 0 saturated carbocycles. The molecule has 13 atom stereocenters. The number of hydrogen-bond donors (Lipinski definition) is 10. The highest BCUT2D eigenvalue weighted by atomic mass is 16.6. The van der Waals surface area contributed by atoms with Gasteiger partial charge >= 0.3 is 66.3 Å². The Hall–Kier alpha value is -13.5. The molecule has 3 fully saturated rings. The van der Waals surface area contributed by atoms with E-state index in [0.717, 1.165) is 39.1 Å². The maximum Gasteiger partial charge on any atom is 0.408 e. The summed E-state index contributed by atoms with van der Waals surface area (Å²) in [6, 6.07) is 45.2. The average Bonchev–Trinajstić information content (AvgIpc) is 1.61. The Morgan fingerprint density at radius 1 is 0.445 bits per heavy atom. The second-order valence-electron chi connectivity index (χ2n) is 33.5. The highest BCUT2D eigenvalue weighted by Gasteiger charge is 2.57. The fourth-order valence-corrected chi connectivity index (χ4v) is 14.8. The van der Waals surface area contributed by atoms with Gasteiger partial charge in [-0.3, -0.25) is 38.4 Å². The van der Waals surface area contributed by atoms with Crippen LogP contribution >= 0.6 is 0 Å². The molecule has 8 rings (SSSR count). The highest BCUT2D eigenvalue weighted by molar-refractivity contribution is 5.96. The second kappa shape index (κ2) is 60.1. The van der Waals surface area contributed by atoms with Gasteiger partial charge in [-0.1, -0.05) is 285 Å². The van der Waals surface area contributed by atoms with Gasteiger partial charge in [0.2, 0.25) is 17.7 Å². The minimum atomic E-state index is -1.40. The molecule has 5 aromatic rings. The summed E-state index contributed by atoms with van der Waals surface area (Å²) in [7, 11) is 5.03. The molecule has 1 unspecified atom stereocenters. The standard InChI is InChI=1S/C20H28N2O5.C19H26N2O6.C19H26N2O5.C17H23NO4.C14H19NO4.C11H20N2O3/c1-5-12-20(15(3)6-2,18(24)21-13-17(23)26-4)22-19(25)27-14-16-10-8-7-9-11-16;1-4-13(2)19(10-15(22)21(17(19)24)11-16(23)26-3)20-18(25)27-12-14-8-6-5-7-9-14;1-4-14(2)19(10-11-21(17(19)23)12-16(22)25-3)20-18(24)26-13-15-8-6-5-7-9-15;1-4-11-17(15(19)20,13(3)5-2)18-16(21)22-12-14-9-7-6-8-10-14;1-3-10(2)12(13(16)17)15-14(18)19-9-11-7-5-4-6-8-11;1-4-8(2)11(12)5-6-13(10(11)15)7-9(14)16-3/h5,7-11,15H,1,6,12-14H2,2-4H3,(H,21,24)(H,22,25);5-9,13,15,22H,4,10-12H2,1-3H3,(H,20,25);5-9,14H,4,10-13H2,1-3H3,(H,20,24);4,6-10,13H,1,5,11-12H2,2-3H3,(H,18,21)(H,19,20);4-8,10,12H,3,9H2,1-2H3,(H,15,18)(H,16,17);8H,4-7,12H2,1-3H3/t15-,20-;13-,15?,19-;14-,19-;13-,17-;10-,12-;8-,11-/m000000/s1. The van der Waals surface area contributed by atoms with E-state index in [-0.39, 0.29) is 126 Å². The van der Waals surface area contributed by atoms with Crippen molar-refractivity contribution in [3.8, 4) is 0 Å². The monoisotopic (exact) mass is 1920 g/mol. The number of aliphatic carboxylic acids is 2. The minimum Gasteiger partial charge on any atom is -0.480 e. The SMILES string of the molecule is C=CC[C@@](NC(=O)OCc1ccccc1)(C(=O)NCC(=O)OC)[C@@H](C)CC.C=CC[C@@](NC(=O)OCc1ccccc1)(C(=O)O)[C@@H](C)CC.CC[C@H](C)[C@@]1(N)CCN(CC(=O)OC)C1=O.CC[C@H](C)[C@@]1(NC(=O)OCc2ccccc2)CC(O)N(CC(=O)OC)C1=O.CC[C@H](C)[C@@]1(NC(=O)OCc2ccccc2)CCN(CC(=O)OC)C1=O.CC[C@H](C)[C@H](NC(=O)OCc1ccccc1)C(=O)O. The number of carbonyl (C=O) groups is 15. The molecular weight excluding hydrogens is 1770 g/mol. The van der Waals surface area contributed by atoms with Gasteiger partial charge in [-0.25, -0.2) is 33.6 Å². The summed E-state index contributed by atoms with van der Waals surface area (Å²) in [5, 5.41) is 44.5. The fraction of sp³-hybridized carbons (Fsp3) is 0.510. The van der Waals surface area contributed by atoms with Gasteiger partial charge in [-0.2, -0.15) is 0 Å². The van der Waals surface area contributed by atoms with Gasteiger partial charge in [0.1, 0.15) is 93.6 Å². The number of rotatable bonds is 42. The predicted molar refractivity (Wildman–Crippen MR) is 508 cm³/mol. The first kappa shape index (κ1) is 118. The third-order valence-electron chi connectivity index (χ3n) is 24.8. The van der Waals surface area contributed by atoms with Crippen LogP contribution in [0.25, 0.3) is 0 Å². The van der Waals surface area contributed by atoms with E-state index in [2.05, 4.69) is 64.0 Å². The lowest BCUT2D eigenvalue weighted by atomic mass is 9.79. The van der Waals surface area contributed by atoms with E-state index in [1.807, 2.05) is 221 Å². The summed E-state index contributed by atoms with van der Waals surface area (Å²) in [4.78, 5) is 184. The molecule has 3 aliphatic rings. The Balaban J connectivity index is 0.000000427. The largest absolute Gasteiger partial charge is 0.480 e. The molecule has 0 bridgehead atoms. The van der Waals surface area contributed by atoms with E-state index in [9.17, 15) is 82.1 Å². The number of likely N-dealkylation sites (tertiary alicyclic amines) is 3. The van der Waals surface area contributed by atoms with Crippen LogP contribution in [0.5, 0.6) is 0 Å². The molecule has 137 heavy (non-hydrogen) atoms. The number of benzene rings is 5. The van der Waals surface area contributed by atoms with Crippen LogP contribution in [0.15, 0.2) is 177 Å². The number of nitrogens with zero attached hydrogens (tertiary/aromatic N) is 3. The van der Waals surface area contributed by atoms with Crippen LogP contribution in [0.3, 0.4) is 0 Å². The van der Waals surface area contributed by atoms with Crippen LogP contribution in [0.4, 0.5) is 24.0 Å². The maximum atomic E-state index is 13.0. The van der Waals surface area contributed by atoms with Crippen molar-refractivity contribution in [3.05, 3.63) is 205 Å². The zero-order valence-electron chi connectivity index (χ0n) is 81.7. The maximum absolute atomic E-state index is 13.0. The molecule has 754 valence electrons. The Bertz CT molecular complexity index is 4680. The second-order valence-corrected chi connectivity index (χ2v) is 33.5. The molecule has 5 aromatic carbocycles. The Morgan fingerprint density at radius 3 is 1.15 bits per heavy atom. The summed E-state index contributed by atoms with van der Waals surface area (Å²) >= 11 is 0. The first-order valence-corrected chi connectivity index (χ1v) is 45.6. The van der Waals surface area contributed by atoms with Crippen LogP contribution in [0, 0.1) is 35.5 Å². The number of aliphatic hydroxyl groups excluding tert-OH is 1. The van der Waals surface area contributed by atoms with E-state index in [1.54, 1.807) is 19.9 Å². The third kappa shape index (κ3) is 36.3. The summed E-state index contributed by atoms with van der Waals surface area (Å²) in [5.41, 5.74) is 4.45. The van der Waals surface area contributed by atoms with Crippen molar-refractivity contribution in [2.24, 2.45) is 41.2 Å². The fourth-order valence-electron chi connectivity index (χ4n) is 14.8. The number of methoxy groups -OCH3 is 4. The number of esters is 4. The average molecular weight is 1920 g/mol. The molecule has 0 aromatic heterocycles. The van der Waals surface area contributed by atoms with E-state index < -0.39 is 118 Å². The number of carboxylic acid groups (broad SMARTS) is 2. The molecule has 3 heterocycles. The van der Waals surface area contributed by atoms with Gasteiger partial charge in [-0.15, -0.1) is 13.2 Å². The van der Waals surface area contributed by atoms with Gasteiger partial charge < -0.3 is 110 Å². The summed E-state index contributed by atoms with van der Waals surface area (Å²) in [5.74, 6) is -6.52. The van der Waals surface area contributed by atoms with Crippen molar-refractivity contribution in [2.75, 3.05) is 67.7 Å². The minimum absolute atomic E-state index is 0.00468. The highest BCUT2D eigenvalue weighted by Crippen LogP contribution is 2.37. The van der Waals surface area contributed by atoms with Crippen molar-refractivity contribution >= 4 is 89.9 Å². The lowest BCUT2D eigenvalue weighted by Gasteiger charge is -2.37. The molecular formula is C100H142N10O27. The van der Waals surface area contributed by atoms with E-state index in [0.29, 0.717) is 58.0 Å². The van der Waals surface area contributed by atoms with Gasteiger partial charge in [0.05, 0.1) is 34.0 Å². The van der Waals surface area contributed by atoms with E-state index in [1.165, 1.54) is 44.3 Å². The number of hydrogen-bond acceptors (Lipinski definition) is 26. The first-order chi connectivity index (χ1) is 65.1. The smallest absolute Gasteiger partial charge is 0.408 e.